The van der Waals surface area contributed by atoms with Crippen LogP contribution in [0.4, 0.5) is 0 Å². The Morgan fingerprint density at radius 2 is 1.72 bits per heavy atom. The van der Waals surface area contributed by atoms with Crippen molar-refractivity contribution in [2.24, 2.45) is 0 Å². The number of fused-ring (bicyclic) bond motifs is 1. The fraction of sp³-hybridized carbons (Fsp3) is 0.333. The van der Waals surface area contributed by atoms with Crippen molar-refractivity contribution in [2.45, 2.75) is 32.6 Å². The topological polar surface area (TPSA) is 45.8 Å². The summed E-state index contributed by atoms with van der Waals surface area (Å²) in [4.78, 5) is 11.8. The Kier molecular flexibility index (Phi) is 2.74. The van der Waals surface area contributed by atoms with E-state index >= 15 is 0 Å². The molecular weight excluding hydrogens is 224 g/mol. The van der Waals surface area contributed by atoms with Gasteiger partial charge in [-0.05, 0) is 38.2 Å². The molecule has 0 unspecified atom stereocenters. The van der Waals surface area contributed by atoms with Crippen LogP contribution in [0.15, 0.2) is 29.1 Å². The molecule has 2 aromatic rings. The van der Waals surface area contributed by atoms with Crippen LogP contribution in [0.25, 0.3) is 11.3 Å². The molecular formula is C15H16N2O. The number of H-pyrrole nitrogens is 1. The molecule has 1 aliphatic rings. The molecule has 0 fully saturated rings. The summed E-state index contributed by atoms with van der Waals surface area (Å²) < 4.78 is 0. The first kappa shape index (κ1) is 11.2. The van der Waals surface area contributed by atoms with Crippen molar-refractivity contribution in [1.82, 2.24) is 10.2 Å². The Labute approximate surface area is 106 Å². The van der Waals surface area contributed by atoms with E-state index in [4.69, 9.17) is 0 Å². The van der Waals surface area contributed by atoms with Crippen LogP contribution in [-0.2, 0) is 12.8 Å². The van der Waals surface area contributed by atoms with Crippen LogP contribution in [0.2, 0.25) is 0 Å². The first-order valence-corrected chi connectivity index (χ1v) is 6.43. The van der Waals surface area contributed by atoms with Gasteiger partial charge in [0.25, 0.3) is 5.56 Å². The first-order valence-electron chi connectivity index (χ1n) is 6.43. The molecule has 0 amide bonds. The Hall–Kier alpha value is -1.90. The lowest BCUT2D eigenvalue weighted by Gasteiger charge is -2.17. The van der Waals surface area contributed by atoms with E-state index in [9.17, 15) is 4.79 Å². The Morgan fingerprint density at radius 3 is 2.44 bits per heavy atom. The van der Waals surface area contributed by atoms with E-state index in [-0.39, 0.29) is 5.56 Å². The maximum absolute atomic E-state index is 11.8. The normalized spacial score (nSPS) is 14.3. The fourth-order valence-electron chi connectivity index (χ4n) is 2.61. The zero-order valence-corrected chi connectivity index (χ0v) is 10.5. The van der Waals surface area contributed by atoms with E-state index < -0.39 is 0 Å². The van der Waals surface area contributed by atoms with Crippen molar-refractivity contribution in [3.8, 4) is 11.3 Å². The van der Waals surface area contributed by atoms with Gasteiger partial charge in [-0.2, -0.15) is 5.10 Å². The molecule has 1 aromatic carbocycles. The molecule has 3 nitrogen and oxygen atoms in total. The van der Waals surface area contributed by atoms with Crippen LogP contribution in [0, 0.1) is 6.92 Å². The van der Waals surface area contributed by atoms with Gasteiger partial charge in [0.15, 0.2) is 0 Å². The van der Waals surface area contributed by atoms with Gasteiger partial charge in [0.2, 0.25) is 0 Å². The van der Waals surface area contributed by atoms with E-state index in [0.29, 0.717) is 0 Å². The Morgan fingerprint density at radius 1 is 1.06 bits per heavy atom. The van der Waals surface area contributed by atoms with Gasteiger partial charge in [0.05, 0.1) is 5.69 Å². The van der Waals surface area contributed by atoms with Gasteiger partial charge < -0.3 is 0 Å². The van der Waals surface area contributed by atoms with E-state index in [1.54, 1.807) is 0 Å². The standard InChI is InChI=1S/C15H16N2O/c1-10-6-8-11(9-7-10)14-12-4-2-3-5-13(12)15(18)17-16-14/h6-9H,2-5H2,1H3,(H,17,18). The number of aromatic amines is 1. The minimum Gasteiger partial charge on any atom is -0.268 e. The first-order chi connectivity index (χ1) is 8.75. The average Bonchev–Trinajstić information content (AvgIpc) is 2.41. The van der Waals surface area contributed by atoms with Crippen LogP contribution < -0.4 is 5.56 Å². The molecule has 92 valence electrons. The molecule has 0 spiro atoms. The molecule has 1 aliphatic carbocycles. The second-order valence-electron chi connectivity index (χ2n) is 4.93. The molecule has 0 radical (unpaired) electrons. The van der Waals surface area contributed by atoms with Crippen molar-refractivity contribution in [3.05, 3.63) is 51.3 Å². The number of nitrogens with one attached hydrogen (secondary N) is 1. The molecule has 1 heterocycles. The summed E-state index contributed by atoms with van der Waals surface area (Å²) >= 11 is 0. The molecule has 1 aromatic heterocycles. The highest BCUT2D eigenvalue weighted by Gasteiger charge is 2.18. The van der Waals surface area contributed by atoms with E-state index in [0.717, 1.165) is 48.1 Å². The highest BCUT2D eigenvalue weighted by atomic mass is 16.1. The lowest BCUT2D eigenvalue weighted by atomic mass is 9.90. The maximum Gasteiger partial charge on any atom is 0.267 e. The van der Waals surface area contributed by atoms with E-state index in [1.165, 1.54) is 5.56 Å². The van der Waals surface area contributed by atoms with Crippen LogP contribution in [0.5, 0.6) is 0 Å². The number of hydrogen-bond donors (Lipinski definition) is 1. The van der Waals surface area contributed by atoms with Gasteiger partial charge in [0, 0.05) is 11.1 Å². The number of benzene rings is 1. The third-order valence-corrected chi connectivity index (χ3v) is 3.62. The highest BCUT2D eigenvalue weighted by molar-refractivity contribution is 5.64. The maximum atomic E-state index is 11.8. The quantitative estimate of drug-likeness (QED) is 0.832. The third-order valence-electron chi connectivity index (χ3n) is 3.62. The Balaban J connectivity index is 2.18. The molecule has 18 heavy (non-hydrogen) atoms. The third kappa shape index (κ3) is 1.86. The van der Waals surface area contributed by atoms with E-state index in [2.05, 4.69) is 41.4 Å². The molecule has 3 heteroatoms. The van der Waals surface area contributed by atoms with Gasteiger partial charge in [-0.25, -0.2) is 5.10 Å². The van der Waals surface area contributed by atoms with Crippen LogP contribution >= 0.6 is 0 Å². The number of rotatable bonds is 1. The van der Waals surface area contributed by atoms with Gasteiger partial charge in [-0.3, -0.25) is 4.79 Å². The minimum absolute atomic E-state index is 0.0134. The monoisotopic (exact) mass is 240 g/mol. The Bertz CT molecular complexity index is 626. The van der Waals surface area contributed by atoms with Gasteiger partial charge in [0.1, 0.15) is 0 Å². The summed E-state index contributed by atoms with van der Waals surface area (Å²) in [6.07, 6.45) is 4.10. The van der Waals surface area contributed by atoms with Crippen molar-refractivity contribution in [2.75, 3.05) is 0 Å². The predicted molar refractivity (Wildman–Crippen MR) is 71.7 cm³/mol. The van der Waals surface area contributed by atoms with Crippen LogP contribution in [-0.4, -0.2) is 10.2 Å². The van der Waals surface area contributed by atoms with Crippen molar-refractivity contribution in [1.29, 1.82) is 0 Å². The van der Waals surface area contributed by atoms with Crippen LogP contribution in [0.3, 0.4) is 0 Å². The smallest absolute Gasteiger partial charge is 0.267 e. The summed E-state index contributed by atoms with van der Waals surface area (Å²) in [7, 11) is 0. The second kappa shape index (κ2) is 4.41. The summed E-state index contributed by atoms with van der Waals surface area (Å²) in [6.45, 7) is 2.07. The van der Waals surface area contributed by atoms with Crippen molar-refractivity contribution < 1.29 is 0 Å². The van der Waals surface area contributed by atoms with Gasteiger partial charge >= 0.3 is 0 Å². The fourth-order valence-corrected chi connectivity index (χ4v) is 2.61. The number of hydrogen-bond acceptors (Lipinski definition) is 2. The summed E-state index contributed by atoms with van der Waals surface area (Å²) in [5.41, 5.74) is 5.34. The molecule has 0 atom stereocenters. The van der Waals surface area contributed by atoms with Crippen molar-refractivity contribution in [3.63, 3.8) is 0 Å². The number of aromatic nitrogens is 2. The summed E-state index contributed by atoms with van der Waals surface area (Å²) in [5.74, 6) is 0. The molecule has 0 aliphatic heterocycles. The highest BCUT2D eigenvalue weighted by Crippen LogP contribution is 2.27. The zero-order chi connectivity index (χ0) is 12.5. The molecule has 3 rings (SSSR count). The lowest BCUT2D eigenvalue weighted by molar-refractivity contribution is 0.669. The molecule has 0 bridgehead atoms. The summed E-state index contributed by atoms with van der Waals surface area (Å²) in [6, 6.07) is 8.31. The molecule has 1 N–H and O–H groups in total. The SMILES string of the molecule is Cc1ccc(-c2n[nH]c(=O)c3c2CCCC3)cc1. The number of aryl methyl sites for hydroxylation is 1. The van der Waals surface area contributed by atoms with Gasteiger partial charge in [-0.1, -0.05) is 29.8 Å². The summed E-state index contributed by atoms with van der Waals surface area (Å²) in [5, 5.41) is 6.89. The second-order valence-corrected chi connectivity index (χ2v) is 4.93. The van der Waals surface area contributed by atoms with E-state index in [1.807, 2.05) is 0 Å². The zero-order valence-electron chi connectivity index (χ0n) is 10.5. The predicted octanol–water partition coefficient (Wildman–Crippen LogP) is 2.62. The minimum atomic E-state index is -0.0134. The number of nitrogens with zero attached hydrogens (tertiary/aromatic N) is 1. The van der Waals surface area contributed by atoms with Crippen LogP contribution in [0.1, 0.15) is 29.5 Å². The lowest BCUT2D eigenvalue weighted by Crippen LogP contribution is -2.21. The molecule has 0 saturated heterocycles. The molecule has 0 saturated carbocycles. The van der Waals surface area contributed by atoms with Crippen molar-refractivity contribution >= 4 is 0 Å². The van der Waals surface area contributed by atoms with Gasteiger partial charge in [-0.15, -0.1) is 0 Å². The average molecular weight is 240 g/mol. The largest absolute Gasteiger partial charge is 0.268 e.